The van der Waals surface area contributed by atoms with Crippen LogP contribution in [0.3, 0.4) is 0 Å². The first kappa shape index (κ1) is 10.8. The van der Waals surface area contributed by atoms with E-state index in [0.29, 0.717) is 10.6 Å². The maximum atomic E-state index is 12.4. The first-order chi connectivity index (χ1) is 9.27. The van der Waals surface area contributed by atoms with Crippen molar-refractivity contribution in [3.63, 3.8) is 0 Å². The lowest BCUT2D eigenvalue weighted by molar-refractivity contribution is 0.104. The van der Waals surface area contributed by atoms with E-state index in [0.717, 1.165) is 27.5 Å². The van der Waals surface area contributed by atoms with Crippen LogP contribution in [0.2, 0.25) is 5.02 Å². The van der Waals surface area contributed by atoms with Gasteiger partial charge in [0, 0.05) is 27.3 Å². The number of carbonyl (C=O) groups excluding carboxylic acids is 1. The molecule has 2 heteroatoms. The molecular weight excluding hydrogens is 256 g/mol. The molecule has 0 aliphatic heterocycles. The van der Waals surface area contributed by atoms with Gasteiger partial charge in [-0.05, 0) is 22.9 Å². The number of ketones is 1. The summed E-state index contributed by atoms with van der Waals surface area (Å²) in [5, 5.41) is 2.85. The Morgan fingerprint density at radius 2 is 1.53 bits per heavy atom. The fourth-order valence-electron chi connectivity index (χ4n) is 2.84. The molecule has 0 atom stereocenters. The minimum absolute atomic E-state index is 0.0678. The summed E-state index contributed by atoms with van der Waals surface area (Å²) in [7, 11) is 0. The number of benzene rings is 3. The molecule has 0 unspecified atom stereocenters. The summed E-state index contributed by atoms with van der Waals surface area (Å²) in [5.41, 5.74) is 3.31. The standard InChI is InChI=1S/C17H9ClO/c18-14-7-3-6-12-16(14)15-11-5-2-1-4-10(11)8-9-13(15)17(12)19/h1-9H. The molecule has 0 saturated carbocycles. The van der Waals surface area contributed by atoms with Gasteiger partial charge in [-0.25, -0.2) is 0 Å². The molecular formula is C17H9ClO. The largest absolute Gasteiger partial charge is 0.289 e. The molecule has 90 valence electrons. The third-order valence-corrected chi connectivity index (χ3v) is 4.00. The van der Waals surface area contributed by atoms with Crippen LogP contribution in [0.1, 0.15) is 15.9 Å². The Morgan fingerprint density at radius 1 is 0.737 bits per heavy atom. The molecule has 0 bridgehead atoms. The van der Waals surface area contributed by atoms with Crippen molar-refractivity contribution >= 4 is 28.2 Å². The fourth-order valence-corrected chi connectivity index (χ4v) is 3.11. The highest BCUT2D eigenvalue weighted by molar-refractivity contribution is 6.38. The molecule has 0 spiro atoms. The van der Waals surface area contributed by atoms with Crippen LogP contribution in [0.15, 0.2) is 54.6 Å². The lowest BCUT2D eigenvalue weighted by Gasteiger charge is -2.06. The van der Waals surface area contributed by atoms with Crippen molar-refractivity contribution in [1.82, 2.24) is 0 Å². The van der Waals surface area contributed by atoms with Crippen molar-refractivity contribution in [1.29, 1.82) is 0 Å². The van der Waals surface area contributed by atoms with Gasteiger partial charge < -0.3 is 0 Å². The van der Waals surface area contributed by atoms with Gasteiger partial charge in [0.15, 0.2) is 5.78 Å². The highest BCUT2D eigenvalue weighted by atomic mass is 35.5. The van der Waals surface area contributed by atoms with Crippen molar-refractivity contribution in [3.8, 4) is 11.1 Å². The van der Waals surface area contributed by atoms with Gasteiger partial charge in [0.05, 0.1) is 0 Å². The van der Waals surface area contributed by atoms with Crippen LogP contribution in [0.5, 0.6) is 0 Å². The second-order valence-corrected chi connectivity index (χ2v) is 5.11. The highest BCUT2D eigenvalue weighted by Crippen LogP contribution is 2.44. The van der Waals surface area contributed by atoms with Gasteiger partial charge in [0.25, 0.3) is 0 Å². The molecule has 1 nitrogen and oxygen atoms in total. The Hall–Kier alpha value is -2.12. The summed E-state index contributed by atoms with van der Waals surface area (Å²) in [6.07, 6.45) is 0. The van der Waals surface area contributed by atoms with Crippen LogP contribution >= 0.6 is 11.6 Å². The number of rotatable bonds is 0. The Labute approximate surface area is 115 Å². The van der Waals surface area contributed by atoms with Crippen molar-refractivity contribution in [2.75, 3.05) is 0 Å². The van der Waals surface area contributed by atoms with Crippen LogP contribution in [0.4, 0.5) is 0 Å². The monoisotopic (exact) mass is 264 g/mol. The average Bonchev–Trinajstić information content (AvgIpc) is 2.74. The Balaban J connectivity index is 2.24. The average molecular weight is 265 g/mol. The molecule has 0 saturated heterocycles. The van der Waals surface area contributed by atoms with Gasteiger partial charge >= 0.3 is 0 Å². The lowest BCUT2D eigenvalue weighted by Crippen LogP contribution is -1.94. The summed E-state index contributed by atoms with van der Waals surface area (Å²) in [4.78, 5) is 12.4. The van der Waals surface area contributed by atoms with Crippen LogP contribution in [0, 0.1) is 0 Å². The van der Waals surface area contributed by atoms with Gasteiger partial charge in [-0.3, -0.25) is 4.79 Å². The lowest BCUT2D eigenvalue weighted by atomic mass is 9.98. The minimum Gasteiger partial charge on any atom is -0.289 e. The van der Waals surface area contributed by atoms with E-state index >= 15 is 0 Å². The molecule has 1 aliphatic carbocycles. The van der Waals surface area contributed by atoms with Crippen LogP contribution < -0.4 is 0 Å². The van der Waals surface area contributed by atoms with E-state index in [2.05, 4.69) is 6.07 Å². The maximum Gasteiger partial charge on any atom is 0.194 e. The topological polar surface area (TPSA) is 17.1 Å². The Bertz CT molecular complexity index is 849. The van der Waals surface area contributed by atoms with E-state index in [9.17, 15) is 4.79 Å². The first-order valence-electron chi connectivity index (χ1n) is 6.13. The smallest absolute Gasteiger partial charge is 0.194 e. The van der Waals surface area contributed by atoms with Crippen molar-refractivity contribution < 1.29 is 4.79 Å². The van der Waals surface area contributed by atoms with Gasteiger partial charge in [-0.2, -0.15) is 0 Å². The van der Waals surface area contributed by atoms with Gasteiger partial charge in [-0.1, -0.05) is 54.1 Å². The number of hydrogen-bond donors (Lipinski definition) is 0. The van der Waals surface area contributed by atoms with Gasteiger partial charge in [0.1, 0.15) is 0 Å². The quantitative estimate of drug-likeness (QED) is 0.450. The summed E-state index contributed by atoms with van der Waals surface area (Å²) in [6, 6.07) is 17.5. The van der Waals surface area contributed by atoms with Gasteiger partial charge in [0.2, 0.25) is 0 Å². The highest BCUT2D eigenvalue weighted by Gasteiger charge is 2.29. The molecule has 3 aromatic carbocycles. The third-order valence-electron chi connectivity index (χ3n) is 3.68. The molecule has 0 fully saturated rings. The number of hydrogen-bond acceptors (Lipinski definition) is 1. The second kappa shape index (κ2) is 3.69. The molecule has 0 radical (unpaired) electrons. The fraction of sp³-hybridized carbons (Fsp3) is 0. The van der Waals surface area contributed by atoms with Crippen LogP contribution in [0.25, 0.3) is 21.9 Å². The SMILES string of the molecule is O=C1c2cccc(Cl)c2-c2c1ccc1ccccc21. The predicted molar refractivity (Wildman–Crippen MR) is 77.8 cm³/mol. The zero-order valence-corrected chi connectivity index (χ0v) is 10.7. The molecule has 0 amide bonds. The first-order valence-corrected chi connectivity index (χ1v) is 6.50. The summed E-state index contributed by atoms with van der Waals surface area (Å²) >= 11 is 6.31. The Kier molecular flexibility index (Phi) is 2.09. The molecule has 0 heterocycles. The predicted octanol–water partition coefficient (Wildman–Crippen LogP) is 4.70. The Morgan fingerprint density at radius 3 is 2.42 bits per heavy atom. The maximum absolute atomic E-state index is 12.4. The van der Waals surface area contributed by atoms with Crippen LogP contribution in [-0.2, 0) is 0 Å². The summed E-state index contributed by atoms with van der Waals surface area (Å²) in [6.45, 7) is 0. The molecule has 0 N–H and O–H groups in total. The molecule has 3 aromatic rings. The van der Waals surface area contributed by atoms with E-state index in [1.165, 1.54) is 0 Å². The summed E-state index contributed by atoms with van der Waals surface area (Å²) in [5.74, 6) is 0.0678. The second-order valence-electron chi connectivity index (χ2n) is 4.70. The van der Waals surface area contributed by atoms with E-state index in [1.807, 2.05) is 48.5 Å². The molecule has 0 aromatic heterocycles. The van der Waals surface area contributed by atoms with Gasteiger partial charge in [-0.15, -0.1) is 0 Å². The molecule has 1 aliphatic rings. The van der Waals surface area contributed by atoms with E-state index in [-0.39, 0.29) is 5.78 Å². The number of fused-ring (bicyclic) bond motifs is 5. The zero-order chi connectivity index (χ0) is 13.0. The minimum atomic E-state index is 0.0678. The van der Waals surface area contributed by atoms with Crippen molar-refractivity contribution in [3.05, 3.63) is 70.7 Å². The van der Waals surface area contributed by atoms with Crippen LogP contribution in [-0.4, -0.2) is 5.78 Å². The number of carbonyl (C=O) groups is 1. The third kappa shape index (κ3) is 1.33. The van der Waals surface area contributed by atoms with E-state index < -0.39 is 0 Å². The van der Waals surface area contributed by atoms with E-state index in [1.54, 1.807) is 0 Å². The van der Waals surface area contributed by atoms with Crippen molar-refractivity contribution in [2.45, 2.75) is 0 Å². The number of halogens is 1. The normalized spacial score (nSPS) is 12.6. The molecule has 4 rings (SSSR count). The van der Waals surface area contributed by atoms with E-state index in [4.69, 9.17) is 11.6 Å². The zero-order valence-electron chi connectivity index (χ0n) is 9.98. The summed E-state index contributed by atoms with van der Waals surface area (Å²) < 4.78 is 0. The van der Waals surface area contributed by atoms with Crippen molar-refractivity contribution in [2.24, 2.45) is 0 Å². The molecule has 19 heavy (non-hydrogen) atoms.